The molecule has 0 amide bonds. The molecule has 1 heterocycles. The van der Waals surface area contributed by atoms with Gasteiger partial charge in [-0.05, 0) is 30.7 Å². The van der Waals surface area contributed by atoms with Crippen LogP contribution in [0.1, 0.15) is 26.7 Å². The average Bonchev–Trinajstić information content (AvgIpc) is 2.60. The Bertz CT molecular complexity index is 138. The molecule has 2 fully saturated rings. The molecule has 1 nitrogen and oxygen atoms in total. The Hall–Kier alpha value is -0.0400. The summed E-state index contributed by atoms with van der Waals surface area (Å²) in [6.07, 6.45) is 3.01. The van der Waals surface area contributed by atoms with E-state index in [0.717, 1.165) is 11.3 Å². The van der Waals surface area contributed by atoms with Crippen molar-refractivity contribution in [3.63, 3.8) is 0 Å². The summed E-state index contributed by atoms with van der Waals surface area (Å²) in [6.45, 7) is 8.70. The first kappa shape index (κ1) is 6.66. The van der Waals surface area contributed by atoms with Crippen LogP contribution in [0, 0.1) is 11.3 Å². The van der Waals surface area contributed by atoms with Crippen LogP contribution in [0.2, 0.25) is 0 Å². The van der Waals surface area contributed by atoms with Crippen molar-refractivity contribution in [3.05, 3.63) is 0 Å². The fraction of sp³-hybridized carbons (Fsp3) is 1.00. The molecule has 0 aromatic carbocycles. The van der Waals surface area contributed by atoms with Crippen LogP contribution >= 0.6 is 0 Å². The highest BCUT2D eigenvalue weighted by Crippen LogP contribution is 2.55. The van der Waals surface area contributed by atoms with Crippen LogP contribution in [0.25, 0.3) is 0 Å². The van der Waals surface area contributed by atoms with Gasteiger partial charge in [0.15, 0.2) is 0 Å². The van der Waals surface area contributed by atoms with Crippen molar-refractivity contribution in [2.45, 2.75) is 26.7 Å². The largest absolute Gasteiger partial charge is 0.303 e. The van der Waals surface area contributed by atoms with Gasteiger partial charge < -0.3 is 4.90 Å². The van der Waals surface area contributed by atoms with Crippen LogP contribution in [0.5, 0.6) is 0 Å². The average molecular weight is 139 g/mol. The molecule has 1 saturated carbocycles. The second-order valence-electron chi connectivity index (χ2n) is 4.09. The van der Waals surface area contributed by atoms with Gasteiger partial charge in [-0.2, -0.15) is 0 Å². The van der Waals surface area contributed by atoms with Gasteiger partial charge in [-0.15, -0.1) is 0 Å². The van der Waals surface area contributed by atoms with Gasteiger partial charge >= 0.3 is 0 Å². The lowest BCUT2D eigenvalue weighted by atomic mass is 9.95. The van der Waals surface area contributed by atoms with Crippen molar-refractivity contribution in [3.8, 4) is 0 Å². The molecule has 0 bridgehead atoms. The maximum absolute atomic E-state index is 2.59. The minimum absolute atomic E-state index is 0.802. The highest BCUT2D eigenvalue weighted by atomic mass is 15.2. The fourth-order valence-electron chi connectivity index (χ4n) is 2.30. The Labute approximate surface area is 63.4 Å². The summed E-state index contributed by atoms with van der Waals surface area (Å²) in [7, 11) is 0. The first-order chi connectivity index (χ1) is 4.77. The molecular weight excluding hydrogens is 122 g/mol. The number of hydrogen-bond acceptors (Lipinski definition) is 1. The Morgan fingerprint density at radius 1 is 1.50 bits per heavy atom. The molecule has 1 unspecified atom stereocenters. The SMILES string of the molecule is CCN1CC(C)C2(CC2)C1. The van der Waals surface area contributed by atoms with Crippen LogP contribution in [0.3, 0.4) is 0 Å². The lowest BCUT2D eigenvalue weighted by Gasteiger charge is -2.11. The fourth-order valence-corrected chi connectivity index (χ4v) is 2.30. The second kappa shape index (κ2) is 1.97. The normalized spacial score (nSPS) is 37.2. The number of rotatable bonds is 1. The molecule has 10 heavy (non-hydrogen) atoms. The molecule has 58 valence electrons. The third kappa shape index (κ3) is 0.800. The van der Waals surface area contributed by atoms with E-state index < -0.39 is 0 Å². The molecular formula is C9H17N. The molecule has 0 radical (unpaired) electrons. The van der Waals surface area contributed by atoms with E-state index in [1.165, 1.54) is 32.5 Å². The third-order valence-electron chi connectivity index (χ3n) is 3.46. The molecule has 1 saturated heterocycles. The van der Waals surface area contributed by atoms with E-state index in [2.05, 4.69) is 18.7 Å². The Balaban J connectivity index is 2.01. The predicted octanol–water partition coefficient (Wildman–Crippen LogP) is 1.74. The molecule has 2 rings (SSSR count). The summed E-state index contributed by atoms with van der Waals surface area (Å²) in [5.74, 6) is 0.979. The van der Waals surface area contributed by atoms with Crippen LogP contribution < -0.4 is 0 Å². The van der Waals surface area contributed by atoms with Crippen molar-refractivity contribution >= 4 is 0 Å². The summed E-state index contributed by atoms with van der Waals surface area (Å²) in [4.78, 5) is 2.59. The van der Waals surface area contributed by atoms with Crippen molar-refractivity contribution < 1.29 is 0 Å². The quantitative estimate of drug-likeness (QED) is 0.535. The number of hydrogen-bond donors (Lipinski definition) is 0. The molecule has 1 aliphatic heterocycles. The maximum Gasteiger partial charge on any atom is 0.00410 e. The van der Waals surface area contributed by atoms with E-state index in [1.54, 1.807) is 0 Å². The van der Waals surface area contributed by atoms with Crippen LogP contribution in [0.15, 0.2) is 0 Å². The second-order valence-corrected chi connectivity index (χ2v) is 4.09. The highest BCUT2D eigenvalue weighted by molar-refractivity contribution is 5.04. The van der Waals surface area contributed by atoms with Crippen molar-refractivity contribution in [1.29, 1.82) is 0 Å². The third-order valence-corrected chi connectivity index (χ3v) is 3.46. The van der Waals surface area contributed by atoms with Crippen molar-refractivity contribution in [2.24, 2.45) is 11.3 Å². The number of nitrogens with zero attached hydrogens (tertiary/aromatic N) is 1. The van der Waals surface area contributed by atoms with Gasteiger partial charge in [0.05, 0.1) is 0 Å². The summed E-state index contributed by atoms with van der Waals surface area (Å²) in [5, 5.41) is 0. The Morgan fingerprint density at radius 2 is 2.20 bits per heavy atom. The summed E-state index contributed by atoms with van der Waals surface area (Å²) in [6, 6.07) is 0. The smallest absolute Gasteiger partial charge is 0.00410 e. The molecule has 0 aromatic heterocycles. The zero-order chi connectivity index (χ0) is 7.19. The van der Waals surface area contributed by atoms with Gasteiger partial charge in [-0.1, -0.05) is 13.8 Å². The molecule has 1 spiro atoms. The van der Waals surface area contributed by atoms with Gasteiger partial charge in [0.2, 0.25) is 0 Å². The zero-order valence-electron chi connectivity index (χ0n) is 7.06. The Kier molecular flexibility index (Phi) is 1.31. The van der Waals surface area contributed by atoms with Crippen LogP contribution in [-0.4, -0.2) is 24.5 Å². The zero-order valence-corrected chi connectivity index (χ0v) is 7.06. The van der Waals surface area contributed by atoms with E-state index in [1.807, 2.05) is 0 Å². The van der Waals surface area contributed by atoms with E-state index in [-0.39, 0.29) is 0 Å². The molecule has 1 heteroatoms. The van der Waals surface area contributed by atoms with Gasteiger partial charge in [0, 0.05) is 13.1 Å². The van der Waals surface area contributed by atoms with Gasteiger partial charge in [-0.25, -0.2) is 0 Å². The highest BCUT2D eigenvalue weighted by Gasteiger charge is 2.52. The summed E-state index contributed by atoms with van der Waals surface area (Å²) < 4.78 is 0. The first-order valence-electron chi connectivity index (χ1n) is 4.49. The van der Waals surface area contributed by atoms with Gasteiger partial charge in [0.1, 0.15) is 0 Å². The summed E-state index contributed by atoms with van der Waals surface area (Å²) in [5.41, 5.74) is 0.802. The molecule has 2 aliphatic rings. The number of likely N-dealkylation sites (tertiary alicyclic amines) is 1. The van der Waals surface area contributed by atoms with Crippen LogP contribution in [0.4, 0.5) is 0 Å². The maximum atomic E-state index is 2.59. The summed E-state index contributed by atoms with van der Waals surface area (Å²) >= 11 is 0. The molecule has 1 atom stereocenters. The lowest BCUT2D eigenvalue weighted by molar-refractivity contribution is 0.337. The standard InChI is InChI=1S/C9H17N/c1-3-10-6-8(2)9(7-10)4-5-9/h8H,3-7H2,1-2H3. The minimum atomic E-state index is 0.802. The van der Waals surface area contributed by atoms with E-state index >= 15 is 0 Å². The molecule has 0 N–H and O–H groups in total. The lowest BCUT2D eigenvalue weighted by Crippen LogP contribution is -2.20. The topological polar surface area (TPSA) is 3.24 Å². The predicted molar refractivity (Wildman–Crippen MR) is 42.9 cm³/mol. The van der Waals surface area contributed by atoms with Crippen molar-refractivity contribution in [2.75, 3.05) is 19.6 Å². The van der Waals surface area contributed by atoms with E-state index in [4.69, 9.17) is 0 Å². The monoisotopic (exact) mass is 139 g/mol. The Morgan fingerprint density at radius 3 is 2.50 bits per heavy atom. The molecule has 1 aliphatic carbocycles. The van der Waals surface area contributed by atoms with E-state index in [9.17, 15) is 0 Å². The van der Waals surface area contributed by atoms with E-state index in [0.29, 0.717) is 0 Å². The van der Waals surface area contributed by atoms with Gasteiger partial charge in [-0.3, -0.25) is 0 Å². The van der Waals surface area contributed by atoms with Crippen molar-refractivity contribution in [1.82, 2.24) is 4.90 Å². The molecule has 0 aromatic rings. The minimum Gasteiger partial charge on any atom is -0.303 e. The van der Waals surface area contributed by atoms with Gasteiger partial charge in [0.25, 0.3) is 0 Å². The van der Waals surface area contributed by atoms with Crippen LogP contribution in [-0.2, 0) is 0 Å². The first-order valence-corrected chi connectivity index (χ1v) is 4.49.